The molecule has 0 heterocycles. The van der Waals surface area contributed by atoms with E-state index >= 15 is 0 Å². The molecule has 0 aliphatic heterocycles. The molecule has 1 spiro atoms. The van der Waals surface area contributed by atoms with Gasteiger partial charge in [-0.25, -0.2) is 0 Å². The predicted molar refractivity (Wildman–Crippen MR) is 132 cm³/mol. The van der Waals surface area contributed by atoms with Crippen LogP contribution in [-0.4, -0.2) is 13.1 Å². The molecule has 0 bridgehead atoms. The van der Waals surface area contributed by atoms with Crippen molar-refractivity contribution < 1.29 is 14.3 Å². The molecule has 3 atom stereocenters. The van der Waals surface area contributed by atoms with Crippen molar-refractivity contribution >= 4 is 5.97 Å². The lowest BCUT2D eigenvalue weighted by Gasteiger charge is -2.43. The quantitative estimate of drug-likeness (QED) is 0.372. The summed E-state index contributed by atoms with van der Waals surface area (Å²) < 4.78 is 11.1. The van der Waals surface area contributed by atoms with Crippen LogP contribution < -0.4 is 9.47 Å². The first-order valence-electron chi connectivity index (χ1n) is 11.9. The van der Waals surface area contributed by atoms with E-state index in [9.17, 15) is 4.79 Å². The van der Waals surface area contributed by atoms with Crippen LogP contribution in [0.15, 0.2) is 30.3 Å². The van der Waals surface area contributed by atoms with E-state index in [4.69, 9.17) is 9.47 Å². The van der Waals surface area contributed by atoms with Crippen LogP contribution in [0, 0.1) is 18.8 Å². The summed E-state index contributed by atoms with van der Waals surface area (Å²) >= 11 is 0. The fourth-order valence-electron chi connectivity index (χ4n) is 6.43. The third-order valence-corrected chi connectivity index (χ3v) is 8.61. The van der Waals surface area contributed by atoms with Crippen LogP contribution in [0.25, 0.3) is 0 Å². The lowest BCUT2D eigenvalue weighted by Crippen LogP contribution is -2.43. The number of hydrogen-bond acceptors (Lipinski definition) is 3. The second-order valence-electron chi connectivity index (χ2n) is 10.4. The van der Waals surface area contributed by atoms with Crippen molar-refractivity contribution in [3.8, 4) is 11.5 Å². The smallest absolute Gasteiger partial charge is 0.308 e. The molecule has 0 saturated carbocycles. The minimum atomic E-state index is -0.274. The first-order valence-corrected chi connectivity index (χ1v) is 11.9. The summed E-state index contributed by atoms with van der Waals surface area (Å²) in [7, 11) is 1.74. The summed E-state index contributed by atoms with van der Waals surface area (Å²) in [6, 6.07) is 11.0. The summed E-state index contributed by atoms with van der Waals surface area (Å²) in [6.07, 6.45) is 0. The summed E-state index contributed by atoms with van der Waals surface area (Å²) in [6.45, 7) is 21.7. The SMILES string of the molecule is CC.COc1ccc2c(c1)C(C)(C)C(C)C21c2cc(C)c(OC(C)=O)cc2C(C)(C)C1C. The minimum absolute atomic E-state index is 0.0122. The Labute approximate surface area is 194 Å². The highest BCUT2D eigenvalue weighted by atomic mass is 16.5. The molecule has 0 N–H and O–H groups in total. The summed E-state index contributed by atoms with van der Waals surface area (Å²) in [5.74, 6) is 2.11. The van der Waals surface area contributed by atoms with Crippen LogP contribution in [0.1, 0.15) is 90.1 Å². The maximum absolute atomic E-state index is 11.7. The number of fused-ring (bicyclic) bond motifs is 4. The average molecular weight is 437 g/mol. The van der Waals surface area contributed by atoms with Gasteiger partial charge in [-0.2, -0.15) is 0 Å². The summed E-state index contributed by atoms with van der Waals surface area (Å²) in [5.41, 5.74) is 6.36. The number of hydrogen-bond donors (Lipinski definition) is 0. The van der Waals surface area contributed by atoms with Crippen molar-refractivity contribution in [2.45, 2.75) is 85.5 Å². The molecule has 0 aromatic heterocycles. The van der Waals surface area contributed by atoms with E-state index in [1.165, 1.54) is 29.2 Å². The molecule has 32 heavy (non-hydrogen) atoms. The van der Waals surface area contributed by atoms with Crippen molar-refractivity contribution in [1.82, 2.24) is 0 Å². The van der Waals surface area contributed by atoms with E-state index in [1.54, 1.807) is 7.11 Å². The monoisotopic (exact) mass is 436 g/mol. The fourth-order valence-corrected chi connectivity index (χ4v) is 6.43. The van der Waals surface area contributed by atoms with E-state index in [0.717, 1.165) is 11.3 Å². The molecule has 0 amide bonds. The molecule has 2 aromatic carbocycles. The van der Waals surface area contributed by atoms with Gasteiger partial charge in [0.15, 0.2) is 0 Å². The van der Waals surface area contributed by atoms with Crippen molar-refractivity contribution in [1.29, 1.82) is 0 Å². The molecule has 2 aliphatic carbocycles. The fraction of sp³-hybridized carbons (Fsp3) is 0.552. The topological polar surface area (TPSA) is 35.5 Å². The number of ether oxygens (including phenoxy) is 2. The van der Waals surface area contributed by atoms with E-state index < -0.39 is 0 Å². The highest BCUT2D eigenvalue weighted by molar-refractivity contribution is 5.71. The molecule has 2 aromatic rings. The van der Waals surface area contributed by atoms with Gasteiger partial charge in [0.2, 0.25) is 0 Å². The zero-order chi connectivity index (χ0) is 24.2. The second-order valence-corrected chi connectivity index (χ2v) is 10.4. The molecule has 174 valence electrons. The van der Waals surface area contributed by atoms with Gasteiger partial charge in [0.05, 0.1) is 7.11 Å². The highest BCUT2D eigenvalue weighted by Gasteiger charge is 2.64. The van der Waals surface area contributed by atoms with Gasteiger partial charge in [0.25, 0.3) is 0 Å². The number of methoxy groups -OCH3 is 1. The van der Waals surface area contributed by atoms with Gasteiger partial charge in [0.1, 0.15) is 11.5 Å². The van der Waals surface area contributed by atoms with Crippen LogP contribution in [-0.2, 0) is 21.0 Å². The van der Waals surface area contributed by atoms with Crippen molar-refractivity contribution in [3.05, 3.63) is 58.1 Å². The molecule has 3 heteroatoms. The third-order valence-electron chi connectivity index (χ3n) is 8.61. The number of carbonyl (C=O) groups is 1. The maximum Gasteiger partial charge on any atom is 0.308 e. The molecule has 0 saturated heterocycles. The number of esters is 1. The standard InChI is InChI=1S/C27H34O3.C2H6/c1-15-12-23-22(14-24(15)30-18(4)28)26(7,8)17(3)27(23)16(2)25(5,6)21-13-19(29-9)10-11-20(21)27;1-2/h10-14,16-17H,1-9H3;1-2H3. The Morgan fingerprint density at radius 1 is 0.844 bits per heavy atom. The Morgan fingerprint density at radius 2 is 1.38 bits per heavy atom. The van der Waals surface area contributed by atoms with Gasteiger partial charge in [-0.05, 0) is 75.6 Å². The Balaban J connectivity index is 0.00000141. The number of rotatable bonds is 2. The van der Waals surface area contributed by atoms with Gasteiger partial charge in [-0.15, -0.1) is 0 Å². The molecule has 0 fully saturated rings. The third kappa shape index (κ3) is 3.03. The zero-order valence-electron chi connectivity index (χ0n) is 21.8. The Morgan fingerprint density at radius 3 is 1.88 bits per heavy atom. The Hall–Kier alpha value is -2.29. The lowest BCUT2D eigenvalue weighted by atomic mass is 9.59. The average Bonchev–Trinajstić information content (AvgIpc) is 3.03. The highest BCUT2D eigenvalue weighted by Crippen LogP contribution is 2.68. The van der Waals surface area contributed by atoms with Gasteiger partial charge in [-0.1, -0.05) is 67.5 Å². The number of carbonyl (C=O) groups excluding carboxylic acids is 1. The summed E-state index contributed by atoms with van der Waals surface area (Å²) in [4.78, 5) is 11.7. The Kier molecular flexibility index (Phi) is 6.04. The van der Waals surface area contributed by atoms with Gasteiger partial charge >= 0.3 is 5.97 Å². The minimum Gasteiger partial charge on any atom is -0.497 e. The van der Waals surface area contributed by atoms with E-state index in [0.29, 0.717) is 17.6 Å². The van der Waals surface area contributed by atoms with Crippen molar-refractivity contribution in [3.63, 3.8) is 0 Å². The molecule has 2 aliphatic rings. The van der Waals surface area contributed by atoms with E-state index in [2.05, 4.69) is 71.9 Å². The normalized spacial score (nSPS) is 26.1. The zero-order valence-corrected chi connectivity index (χ0v) is 21.8. The van der Waals surface area contributed by atoms with Crippen molar-refractivity contribution in [2.75, 3.05) is 7.11 Å². The largest absolute Gasteiger partial charge is 0.497 e. The Bertz CT molecular complexity index is 1050. The second kappa shape index (κ2) is 7.93. The van der Waals surface area contributed by atoms with Crippen LogP contribution in [0.3, 0.4) is 0 Å². The van der Waals surface area contributed by atoms with E-state index in [1.807, 2.05) is 20.8 Å². The van der Waals surface area contributed by atoms with Gasteiger partial charge in [-0.3, -0.25) is 4.79 Å². The van der Waals surface area contributed by atoms with Crippen LogP contribution in [0.4, 0.5) is 0 Å². The van der Waals surface area contributed by atoms with Crippen LogP contribution in [0.2, 0.25) is 0 Å². The van der Waals surface area contributed by atoms with Gasteiger partial charge in [0, 0.05) is 12.3 Å². The lowest BCUT2D eigenvalue weighted by molar-refractivity contribution is -0.131. The van der Waals surface area contributed by atoms with Gasteiger partial charge < -0.3 is 9.47 Å². The van der Waals surface area contributed by atoms with Crippen LogP contribution in [0.5, 0.6) is 11.5 Å². The molecular formula is C29H40O3. The maximum atomic E-state index is 11.7. The first-order chi connectivity index (χ1) is 14.9. The molecular weight excluding hydrogens is 396 g/mol. The van der Waals surface area contributed by atoms with Crippen LogP contribution >= 0.6 is 0 Å². The molecule has 4 rings (SSSR count). The summed E-state index contributed by atoms with van der Waals surface area (Å²) in [5, 5.41) is 0. The first kappa shape index (κ1) is 24.4. The number of aryl methyl sites for hydroxylation is 1. The predicted octanol–water partition coefficient (Wildman–Crippen LogP) is 7.10. The number of benzene rings is 2. The molecule has 3 unspecified atom stereocenters. The van der Waals surface area contributed by atoms with E-state index in [-0.39, 0.29) is 22.2 Å². The molecule has 0 radical (unpaired) electrons. The molecule has 3 nitrogen and oxygen atoms in total. The van der Waals surface area contributed by atoms with Crippen molar-refractivity contribution in [2.24, 2.45) is 11.8 Å².